The first-order valence-electron chi connectivity index (χ1n) is 6.25. The summed E-state index contributed by atoms with van der Waals surface area (Å²) in [4.78, 5) is 11.0. The fourth-order valence-electron chi connectivity index (χ4n) is 1.55. The number of nitrogens with one attached hydrogen (secondary N) is 1. The largest absolute Gasteiger partial charge is 0.469 e. The maximum absolute atomic E-state index is 11.9. The monoisotopic (exact) mass is 310 g/mol. The zero-order valence-corrected chi connectivity index (χ0v) is 12.8. The van der Waals surface area contributed by atoms with E-state index < -0.39 is 16.0 Å². The predicted molar refractivity (Wildman–Crippen MR) is 81.2 cm³/mol. The van der Waals surface area contributed by atoms with Crippen molar-refractivity contribution in [2.24, 2.45) is 5.73 Å². The van der Waals surface area contributed by atoms with E-state index in [1.807, 2.05) is 0 Å². The van der Waals surface area contributed by atoms with Crippen LogP contribution < -0.4 is 10.5 Å². The Morgan fingerprint density at radius 3 is 2.71 bits per heavy atom. The quantitative estimate of drug-likeness (QED) is 0.613. The SMILES string of the molecule is COC(=O)CCS(=O)(=O)Nc1ccc(C#CCN)cc1C. The summed E-state index contributed by atoms with van der Waals surface area (Å²) in [5, 5.41) is 0. The maximum atomic E-state index is 11.9. The Labute approximate surface area is 124 Å². The Balaban J connectivity index is 2.80. The van der Waals surface area contributed by atoms with Crippen LogP contribution in [0.5, 0.6) is 0 Å². The minimum absolute atomic E-state index is 0.190. The number of hydrogen-bond donors (Lipinski definition) is 2. The highest BCUT2D eigenvalue weighted by Gasteiger charge is 2.14. The summed E-state index contributed by atoms with van der Waals surface area (Å²) < 4.78 is 30.6. The molecule has 0 bridgehead atoms. The molecule has 114 valence electrons. The third kappa shape index (κ3) is 5.85. The van der Waals surface area contributed by atoms with Crippen LogP contribution in [-0.4, -0.2) is 33.8 Å². The molecule has 0 fully saturated rings. The third-order valence-electron chi connectivity index (χ3n) is 2.63. The van der Waals surface area contributed by atoms with Crippen molar-refractivity contribution < 1.29 is 17.9 Å². The second-order valence-electron chi connectivity index (χ2n) is 4.28. The Bertz CT molecular complexity index is 672. The zero-order valence-electron chi connectivity index (χ0n) is 12.0. The van der Waals surface area contributed by atoms with Crippen LogP contribution in [0.3, 0.4) is 0 Å². The predicted octanol–water partition coefficient (Wildman–Crippen LogP) is 0.610. The summed E-state index contributed by atoms with van der Waals surface area (Å²) >= 11 is 0. The molecule has 0 aliphatic carbocycles. The van der Waals surface area contributed by atoms with Crippen LogP contribution in [0.1, 0.15) is 17.5 Å². The molecule has 0 unspecified atom stereocenters. The van der Waals surface area contributed by atoms with Gasteiger partial charge in [-0.1, -0.05) is 11.8 Å². The number of esters is 1. The van der Waals surface area contributed by atoms with Gasteiger partial charge in [0.15, 0.2) is 0 Å². The van der Waals surface area contributed by atoms with E-state index in [0.717, 1.165) is 11.1 Å². The lowest BCUT2D eigenvalue weighted by Gasteiger charge is -2.10. The Kier molecular flexibility index (Phi) is 6.21. The molecule has 0 aliphatic heterocycles. The topological polar surface area (TPSA) is 98.5 Å². The number of sulfonamides is 1. The number of carbonyl (C=O) groups is 1. The van der Waals surface area contributed by atoms with Gasteiger partial charge in [0.1, 0.15) is 0 Å². The molecule has 0 aliphatic rings. The fourth-order valence-corrected chi connectivity index (χ4v) is 2.65. The average Bonchev–Trinajstić information content (AvgIpc) is 2.45. The molecule has 0 spiro atoms. The third-order valence-corrected chi connectivity index (χ3v) is 3.90. The van der Waals surface area contributed by atoms with Gasteiger partial charge in [0, 0.05) is 5.56 Å². The number of aryl methyl sites for hydroxylation is 1. The molecule has 0 heterocycles. The summed E-state index contributed by atoms with van der Waals surface area (Å²) in [5.74, 6) is 4.71. The molecular weight excluding hydrogens is 292 g/mol. The first kappa shape index (κ1) is 17.0. The first-order valence-corrected chi connectivity index (χ1v) is 7.90. The molecule has 3 N–H and O–H groups in total. The molecule has 1 rings (SSSR count). The second kappa shape index (κ2) is 7.67. The number of benzene rings is 1. The molecule has 0 aromatic heterocycles. The van der Waals surface area contributed by atoms with Crippen LogP contribution in [0.15, 0.2) is 18.2 Å². The van der Waals surface area contributed by atoms with Gasteiger partial charge in [0.25, 0.3) is 0 Å². The lowest BCUT2D eigenvalue weighted by molar-refractivity contribution is -0.140. The van der Waals surface area contributed by atoms with Gasteiger partial charge in [-0.3, -0.25) is 9.52 Å². The van der Waals surface area contributed by atoms with E-state index in [2.05, 4.69) is 21.3 Å². The van der Waals surface area contributed by atoms with Crippen molar-refractivity contribution in [1.29, 1.82) is 0 Å². The van der Waals surface area contributed by atoms with Crippen LogP contribution in [0, 0.1) is 18.8 Å². The second-order valence-corrected chi connectivity index (χ2v) is 6.12. The Morgan fingerprint density at radius 2 is 2.14 bits per heavy atom. The van der Waals surface area contributed by atoms with Gasteiger partial charge in [0.05, 0.1) is 31.5 Å². The summed E-state index contributed by atoms with van der Waals surface area (Å²) in [5.41, 5.74) is 7.25. The van der Waals surface area contributed by atoms with Crippen molar-refractivity contribution in [1.82, 2.24) is 0 Å². The molecular formula is C14H18N2O4S. The molecule has 0 amide bonds. The van der Waals surface area contributed by atoms with E-state index in [9.17, 15) is 13.2 Å². The zero-order chi connectivity index (χ0) is 15.9. The number of ether oxygens (including phenoxy) is 1. The molecule has 0 radical (unpaired) electrons. The molecule has 1 aromatic rings. The molecule has 21 heavy (non-hydrogen) atoms. The van der Waals surface area contributed by atoms with Gasteiger partial charge >= 0.3 is 5.97 Å². The number of anilines is 1. The summed E-state index contributed by atoms with van der Waals surface area (Å²) in [7, 11) is -2.38. The van der Waals surface area contributed by atoms with Crippen LogP contribution >= 0.6 is 0 Å². The van der Waals surface area contributed by atoms with Crippen molar-refractivity contribution in [3.8, 4) is 11.8 Å². The molecule has 0 atom stereocenters. The minimum Gasteiger partial charge on any atom is -0.469 e. The van der Waals surface area contributed by atoms with E-state index in [-0.39, 0.29) is 18.7 Å². The van der Waals surface area contributed by atoms with Crippen LogP contribution in [0.2, 0.25) is 0 Å². The number of carbonyl (C=O) groups excluding carboxylic acids is 1. The van der Waals surface area contributed by atoms with Crippen molar-refractivity contribution >= 4 is 21.7 Å². The molecule has 0 saturated heterocycles. The van der Waals surface area contributed by atoms with E-state index in [4.69, 9.17) is 5.73 Å². The Hall–Kier alpha value is -2.04. The van der Waals surface area contributed by atoms with Gasteiger partial charge in [-0.25, -0.2) is 8.42 Å². The summed E-state index contributed by atoms with van der Waals surface area (Å²) in [6.45, 7) is 2.03. The van der Waals surface area contributed by atoms with E-state index in [1.54, 1.807) is 25.1 Å². The van der Waals surface area contributed by atoms with E-state index in [1.165, 1.54) is 7.11 Å². The van der Waals surface area contributed by atoms with Crippen molar-refractivity contribution in [2.45, 2.75) is 13.3 Å². The van der Waals surface area contributed by atoms with Crippen molar-refractivity contribution in [2.75, 3.05) is 24.1 Å². The normalized spacial score (nSPS) is 10.4. The molecule has 6 nitrogen and oxygen atoms in total. The number of hydrogen-bond acceptors (Lipinski definition) is 5. The first-order chi connectivity index (χ1) is 9.88. The fraction of sp³-hybridized carbons (Fsp3) is 0.357. The van der Waals surface area contributed by atoms with Crippen molar-refractivity contribution in [3.63, 3.8) is 0 Å². The average molecular weight is 310 g/mol. The standard InChI is InChI=1S/C14H18N2O4S/c1-11-10-12(4-3-8-15)5-6-13(11)16-21(18,19)9-7-14(17)20-2/h5-6,10,16H,7-9,15H2,1-2H3. The van der Waals surface area contributed by atoms with Gasteiger partial charge in [-0.2, -0.15) is 0 Å². The van der Waals surface area contributed by atoms with Crippen LogP contribution in [-0.2, 0) is 19.6 Å². The van der Waals surface area contributed by atoms with Gasteiger partial charge in [-0.05, 0) is 30.7 Å². The molecule has 1 aromatic carbocycles. The number of methoxy groups -OCH3 is 1. The highest BCUT2D eigenvalue weighted by Crippen LogP contribution is 2.17. The molecule has 7 heteroatoms. The Morgan fingerprint density at radius 1 is 1.43 bits per heavy atom. The summed E-state index contributed by atoms with van der Waals surface area (Å²) in [6, 6.07) is 5.10. The van der Waals surface area contributed by atoms with Gasteiger partial charge in [-0.15, -0.1) is 0 Å². The summed E-state index contributed by atoms with van der Waals surface area (Å²) in [6.07, 6.45) is -0.190. The van der Waals surface area contributed by atoms with Crippen molar-refractivity contribution in [3.05, 3.63) is 29.3 Å². The lowest BCUT2D eigenvalue weighted by Crippen LogP contribution is -2.20. The van der Waals surface area contributed by atoms with Gasteiger partial charge in [0.2, 0.25) is 10.0 Å². The van der Waals surface area contributed by atoms with E-state index in [0.29, 0.717) is 5.69 Å². The highest BCUT2D eigenvalue weighted by molar-refractivity contribution is 7.92. The molecule has 0 saturated carbocycles. The number of nitrogens with two attached hydrogens (primary N) is 1. The lowest BCUT2D eigenvalue weighted by atomic mass is 10.1. The minimum atomic E-state index is -3.60. The maximum Gasteiger partial charge on any atom is 0.306 e. The van der Waals surface area contributed by atoms with Crippen LogP contribution in [0.25, 0.3) is 0 Å². The van der Waals surface area contributed by atoms with Crippen LogP contribution in [0.4, 0.5) is 5.69 Å². The van der Waals surface area contributed by atoms with Gasteiger partial charge < -0.3 is 10.5 Å². The van der Waals surface area contributed by atoms with E-state index >= 15 is 0 Å². The number of rotatable bonds is 5. The highest BCUT2D eigenvalue weighted by atomic mass is 32.2. The smallest absolute Gasteiger partial charge is 0.306 e.